The van der Waals surface area contributed by atoms with Crippen LogP contribution >= 0.6 is 35.4 Å². The number of thiocarbonyl (C=S) groups is 1. The SMILES string of the molecule is CCCCC(NC(=S)NCc1ccc(Cl)c(Cl)c1)C(=O)OCC. The molecule has 7 heteroatoms. The summed E-state index contributed by atoms with van der Waals surface area (Å²) in [5, 5.41) is 7.50. The highest BCUT2D eigenvalue weighted by Crippen LogP contribution is 2.22. The first-order valence-corrected chi connectivity index (χ1v) is 8.79. The summed E-state index contributed by atoms with van der Waals surface area (Å²) in [5.74, 6) is -0.278. The van der Waals surface area contributed by atoms with E-state index in [1.807, 2.05) is 6.07 Å². The second-order valence-electron chi connectivity index (χ2n) is 5.02. The molecule has 0 saturated heterocycles. The van der Waals surface area contributed by atoms with Crippen molar-refractivity contribution in [2.75, 3.05) is 6.61 Å². The van der Waals surface area contributed by atoms with Crippen LogP contribution in [-0.2, 0) is 16.1 Å². The van der Waals surface area contributed by atoms with E-state index in [1.54, 1.807) is 19.1 Å². The Kier molecular flexibility index (Phi) is 9.29. The van der Waals surface area contributed by atoms with Gasteiger partial charge in [-0.25, -0.2) is 4.79 Å². The van der Waals surface area contributed by atoms with Crippen molar-refractivity contribution in [2.24, 2.45) is 0 Å². The van der Waals surface area contributed by atoms with Crippen LogP contribution < -0.4 is 10.6 Å². The van der Waals surface area contributed by atoms with Crippen molar-refractivity contribution >= 4 is 46.5 Å². The fourth-order valence-electron chi connectivity index (χ4n) is 1.94. The van der Waals surface area contributed by atoms with Gasteiger partial charge in [-0.2, -0.15) is 0 Å². The van der Waals surface area contributed by atoms with E-state index in [0.29, 0.717) is 34.7 Å². The zero-order valence-corrected chi connectivity index (χ0v) is 15.7. The van der Waals surface area contributed by atoms with Crippen molar-refractivity contribution in [3.8, 4) is 0 Å². The highest BCUT2D eigenvalue weighted by Gasteiger charge is 2.19. The molecule has 0 heterocycles. The predicted octanol–water partition coefficient (Wildman–Crippen LogP) is 4.08. The van der Waals surface area contributed by atoms with Gasteiger partial charge in [-0.1, -0.05) is 49.0 Å². The number of rotatable bonds is 8. The number of halogens is 2. The zero-order chi connectivity index (χ0) is 17.2. The van der Waals surface area contributed by atoms with Gasteiger partial charge >= 0.3 is 5.97 Å². The van der Waals surface area contributed by atoms with E-state index in [4.69, 9.17) is 40.2 Å². The number of esters is 1. The van der Waals surface area contributed by atoms with Crippen molar-refractivity contribution in [2.45, 2.75) is 45.7 Å². The maximum Gasteiger partial charge on any atom is 0.328 e. The third-order valence-corrected chi connectivity index (χ3v) is 4.16. The van der Waals surface area contributed by atoms with Crippen molar-refractivity contribution in [1.82, 2.24) is 10.6 Å². The van der Waals surface area contributed by atoms with Crippen LogP contribution in [0.1, 0.15) is 38.7 Å². The van der Waals surface area contributed by atoms with E-state index >= 15 is 0 Å². The van der Waals surface area contributed by atoms with Crippen LogP contribution in [0.4, 0.5) is 0 Å². The van der Waals surface area contributed by atoms with Crippen LogP contribution in [0, 0.1) is 0 Å². The highest BCUT2D eigenvalue weighted by molar-refractivity contribution is 7.80. The minimum Gasteiger partial charge on any atom is -0.464 e. The Morgan fingerprint density at radius 3 is 2.65 bits per heavy atom. The van der Waals surface area contributed by atoms with Gasteiger partial charge in [0, 0.05) is 6.54 Å². The van der Waals surface area contributed by atoms with Gasteiger partial charge < -0.3 is 15.4 Å². The topological polar surface area (TPSA) is 50.4 Å². The molecule has 23 heavy (non-hydrogen) atoms. The van der Waals surface area contributed by atoms with Gasteiger partial charge in [-0.05, 0) is 43.3 Å². The van der Waals surface area contributed by atoms with E-state index in [0.717, 1.165) is 18.4 Å². The number of hydrogen-bond donors (Lipinski definition) is 2. The number of hydrogen-bond acceptors (Lipinski definition) is 3. The molecule has 0 aliphatic carbocycles. The maximum atomic E-state index is 11.9. The van der Waals surface area contributed by atoms with Gasteiger partial charge in [0.15, 0.2) is 5.11 Å². The first-order chi connectivity index (χ1) is 11.0. The highest BCUT2D eigenvalue weighted by atomic mass is 35.5. The van der Waals surface area contributed by atoms with Gasteiger partial charge in [0.1, 0.15) is 6.04 Å². The second-order valence-corrected chi connectivity index (χ2v) is 6.24. The number of carbonyl (C=O) groups excluding carboxylic acids is 1. The molecule has 0 aliphatic rings. The van der Waals surface area contributed by atoms with Gasteiger partial charge in [0.25, 0.3) is 0 Å². The standard InChI is InChI=1S/C16H22Cl2N2O2S/c1-3-5-6-14(15(21)22-4-2)20-16(23)19-10-11-7-8-12(17)13(18)9-11/h7-9,14H,3-6,10H2,1-2H3,(H2,19,20,23). The van der Waals surface area contributed by atoms with E-state index in [1.165, 1.54) is 0 Å². The number of carbonyl (C=O) groups is 1. The van der Waals surface area contributed by atoms with Crippen LogP contribution in [0.25, 0.3) is 0 Å². The van der Waals surface area contributed by atoms with E-state index in [2.05, 4.69) is 17.6 Å². The van der Waals surface area contributed by atoms with Gasteiger partial charge in [-0.15, -0.1) is 0 Å². The first kappa shape index (κ1) is 20.0. The molecule has 128 valence electrons. The summed E-state index contributed by atoms with van der Waals surface area (Å²) >= 11 is 17.1. The largest absolute Gasteiger partial charge is 0.464 e. The fraction of sp³-hybridized carbons (Fsp3) is 0.500. The van der Waals surface area contributed by atoms with Crippen molar-refractivity contribution in [3.63, 3.8) is 0 Å². The average molecular weight is 377 g/mol. The summed E-state index contributed by atoms with van der Waals surface area (Å²) in [7, 11) is 0. The molecule has 0 spiro atoms. The lowest BCUT2D eigenvalue weighted by Gasteiger charge is -2.19. The molecule has 0 radical (unpaired) electrons. The Bertz CT molecular complexity index is 541. The minimum absolute atomic E-state index is 0.278. The normalized spacial score (nSPS) is 11.7. The molecule has 0 saturated carbocycles. The Hall–Kier alpha value is -1.04. The van der Waals surface area contributed by atoms with Crippen molar-refractivity contribution < 1.29 is 9.53 Å². The summed E-state index contributed by atoms with van der Waals surface area (Å²) in [5.41, 5.74) is 0.949. The molecule has 1 unspecified atom stereocenters. The number of ether oxygens (including phenoxy) is 1. The van der Waals surface area contributed by atoms with Gasteiger partial charge in [0.05, 0.1) is 16.7 Å². The summed E-state index contributed by atoms with van der Waals surface area (Å²) in [6, 6.07) is 4.95. The van der Waals surface area contributed by atoms with E-state index in [9.17, 15) is 4.79 Å². The van der Waals surface area contributed by atoms with Crippen LogP contribution in [0.15, 0.2) is 18.2 Å². The molecule has 0 aliphatic heterocycles. The number of nitrogens with one attached hydrogen (secondary N) is 2. The number of unbranched alkanes of at least 4 members (excludes halogenated alkanes) is 1. The van der Waals surface area contributed by atoms with Crippen LogP contribution in [0.3, 0.4) is 0 Å². The lowest BCUT2D eigenvalue weighted by Crippen LogP contribution is -2.46. The van der Waals surface area contributed by atoms with Gasteiger partial charge in [-0.3, -0.25) is 0 Å². The maximum absolute atomic E-state index is 11.9. The second kappa shape index (κ2) is 10.7. The summed E-state index contributed by atoms with van der Waals surface area (Å²) in [4.78, 5) is 11.9. The molecule has 4 nitrogen and oxygen atoms in total. The average Bonchev–Trinajstić information content (AvgIpc) is 2.52. The Morgan fingerprint density at radius 2 is 2.04 bits per heavy atom. The van der Waals surface area contributed by atoms with Crippen molar-refractivity contribution in [3.05, 3.63) is 33.8 Å². The Balaban J connectivity index is 2.53. The smallest absolute Gasteiger partial charge is 0.328 e. The first-order valence-electron chi connectivity index (χ1n) is 7.62. The molecule has 0 amide bonds. The van der Waals surface area contributed by atoms with E-state index in [-0.39, 0.29) is 5.97 Å². The summed E-state index contributed by atoms with van der Waals surface area (Å²) in [6.45, 7) is 4.71. The molecule has 0 bridgehead atoms. The number of benzene rings is 1. The molecule has 0 fully saturated rings. The third kappa shape index (κ3) is 7.38. The van der Waals surface area contributed by atoms with Gasteiger partial charge in [0.2, 0.25) is 0 Å². The molecule has 2 N–H and O–H groups in total. The lowest BCUT2D eigenvalue weighted by molar-refractivity contribution is -0.145. The van der Waals surface area contributed by atoms with Crippen LogP contribution in [0.2, 0.25) is 10.0 Å². The quantitative estimate of drug-likeness (QED) is 0.528. The molecule has 0 aromatic heterocycles. The molecule has 1 rings (SSSR count). The van der Waals surface area contributed by atoms with E-state index < -0.39 is 6.04 Å². The lowest BCUT2D eigenvalue weighted by atomic mass is 10.1. The Morgan fingerprint density at radius 1 is 1.30 bits per heavy atom. The molecule has 1 aromatic carbocycles. The van der Waals surface area contributed by atoms with Crippen LogP contribution in [0.5, 0.6) is 0 Å². The molecule has 1 aromatic rings. The summed E-state index contributed by atoms with van der Waals surface area (Å²) < 4.78 is 5.07. The molecular weight excluding hydrogens is 355 g/mol. The van der Waals surface area contributed by atoms with Crippen molar-refractivity contribution in [1.29, 1.82) is 0 Å². The monoisotopic (exact) mass is 376 g/mol. The minimum atomic E-state index is -0.427. The zero-order valence-electron chi connectivity index (χ0n) is 13.3. The molecule has 1 atom stereocenters. The fourth-order valence-corrected chi connectivity index (χ4v) is 2.48. The summed E-state index contributed by atoms with van der Waals surface area (Å²) in [6.07, 6.45) is 2.61. The molecular formula is C16H22Cl2N2O2S. The third-order valence-electron chi connectivity index (χ3n) is 3.16. The Labute approximate surface area is 152 Å². The predicted molar refractivity (Wildman–Crippen MR) is 99.0 cm³/mol. The van der Waals surface area contributed by atoms with Crippen LogP contribution in [-0.4, -0.2) is 23.7 Å².